The van der Waals surface area contributed by atoms with Gasteiger partial charge in [0.2, 0.25) is 5.91 Å². The van der Waals surface area contributed by atoms with Crippen molar-refractivity contribution >= 4 is 17.7 Å². The van der Waals surface area contributed by atoms with E-state index < -0.39 is 5.41 Å². The molecule has 1 amide bonds. The van der Waals surface area contributed by atoms with E-state index in [1.165, 1.54) is 0 Å². The number of hydrogen-bond donors (Lipinski definition) is 2. The summed E-state index contributed by atoms with van der Waals surface area (Å²) in [7, 11) is 0. The highest BCUT2D eigenvalue weighted by Gasteiger charge is 2.39. The number of carbonyl (C=O) groups excluding carboxylic acids is 1. The molecule has 1 rings (SSSR count). The van der Waals surface area contributed by atoms with Gasteiger partial charge < -0.3 is 15.8 Å². The summed E-state index contributed by atoms with van der Waals surface area (Å²) in [6.07, 6.45) is 1.48. The minimum absolute atomic E-state index is 0.104. The maximum atomic E-state index is 12.3. The van der Waals surface area contributed by atoms with Crippen molar-refractivity contribution in [2.45, 2.75) is 32.7 Å². The third-order valence-corrected chi connectivity index (χ3v) is 4.42. The van der Waals surface area contributed by atoms with Crippen molar-refractivity contribution in [1.82, 2.24) is 5.32 Å². The van der Waals surface area contributed by atoms with Gasteiger partial charge in [0.1, 0.15) is 0 Å². The van der Waals surface area contributed by atoms with E-state index in [0.717, 1.165) is 24.3 Å². The molecule has 17 heavy (non-hydrogen) atoms. The Morgan fingerprint density at radius 2 is 2.18 bits per heavy atom. The van der Waals surface area contributed by atoms with E-state index >= 15 is 0 Å². The van der Waals surface area contributed by atoms with Crippen LogP contribution in [0.25, 0.3) is 0 Å². The molecule has 3 N–H and O–H groups in total. The van der Waals surface area contributed by atoms with Gasteiger partial charge >= 0.3 is 0 Å². The van der Waals surface area contributed by atoms with E-state index in [4.69, 9.17) is 10.5 Å². The molecular weight excluding hydrogens is 236 g/mol. The predicted octanol–water partition coefficient (Wildman–Crippen LogP) is 1.000. The van der Waals surface area contributed by atoms with Gasteiger partial charge in [0.05, 0.1) is 5.41 Å². The van der Waals surface area contributed by atoms with E-state index in [2.05, 4.69) is 12.2 Å². The average Bonchev–Trinajstić information content (AvgIpc) is 2.37. The number of ether oxygens (including phenoxy) is 1. The number of nitrogens with one attached hydrogen (secondary N) is 1. The third kappa shape index (κ3) is 4.16. The number of amides is 1. The van der Waals surface area contributed by atoms with Crippen LogP contribution in [-0.4, -0.2) is 43.2 Å². The van der Waals surface area contributed by atoms with Crippen LogP contribution in [0.3, 0.4) is 0 Å². The number of rotatable bonds is 6. The molecule has 0 aromatic rings. The largest absolute Gasteiger partial charge is 0.381 e. The van der Waals surface area contributed by atoms with Gasteiger partial charge in [-0.25, -0.2) is 0 Å². The van der Waals surface area contributed by atoms with Crippen LogP contribution in [0.15, 0.2) is 0 Å². The lowest BCUT2D eigenvalue weighted by Crippen LogP contribution is -2.51. The highest BCUT2D eigenvalue weighted by Crippen LogP contribution is 2.29. The molecule has 0 aromatic carbocycles. The molecule has 1 aliphatic rings. The van der Waals surface area contributed by atoms with E-state index in [-0.39, 0.29) is 11.9 Å². The summed E-state index contributed by atoms with van der Waals surface area (Å²) in [5.74, 6) is 2.14. The number of hydrogen-bond acceptors (Lipinski definition) is 4. The number of thioether (sulfide) groups is 1. The Bertz CT molecular complexity index is 243. The summed E-state index contributed by atoms with van der Waals surface area (Å²) in [6.45, 7) is 5.87. The van der Waals surface area contributed by atoms with Gasteiger partial charge in [0.15, 0.2) is 0 Å². The van der Waals surface area contributed by atoms with Gasteiger partial charge in [-0.2, -0.15) is 11.8 Å². The lowest BCUT2D eigenvalue weighted by molar-refractivity contribution is -0.136. The van der Waals surface area contributed by atoms with Crippen LogP contribution in [0.1, 0.15) is 26.7 Å². The maximum absolute atomic E-state index is 12.3. The Labute approximate surface area is 108 Å². The first kappa shape index (κ1) is 14.8. The van der Waals surface area contributed by atoms with Gasteiger partial charge in [-0.1, -0.05) is 6.92 Å². The van der Waals surface area contributed by atoms with Gasteiger partial charge in [-0.3, -0.25) is 4.79 Å². The fourth-order valence-corrected chi connectivity index (χ4v) is 2.67. The predicted molar refractivity (Wildman–Crippen MR) is 72.1 cm³/mol. The van der Waals surface area contributed by atoms with Crippen LogP contribution >= 0.6 is 11.8 Å². The quantitative estimate of drug-likeness (QED) is 0.748. The summed E-state index contributed by atoms with van der Waals surface area (Å²) in [6, 6.07) is 0.207. The van der Waals surface area contributed by atoms with Crippen molar-refractivity contribution in [3.05, 3.63) is 0 Å². The second-order valence-electron chi connectivity index (χ2n) is 4.63. The Balaban J connectivity index is 2.48. The van der Waals surface area contributed by atoms with E-state index in [9.17, 15) is 4.79 Å². The monoisotopic (exact) mass is 260 g/mol. The SMILES string of the molecule is CCSCC(C)NC(=O)C1(CN)CCOCC1. The second-order valence-corrected chi connectivity index (χ2v) is 5.95. The fourth-order valence-electron chi connectivity index (χ4n) is 2.00. The summed E-state index contributed by atoms with van der Waals surface area (Å²) in [5.41, 5.74) is 5.39. The zero-order chi connectivity index (χ0) is 12.7. The first-order valence-corrected chi connectivity index (χ1v) is 7.46. The maximum Gasteiger partial charge on any atom is 0.227 e. The van der Waals surface area contributed by atoms with Crippen molar-refractivity contribution in [1.29, 1.82) is 0 Å². The summed E-state index contributed by atoms with van der Waals surface area (Å²) in [5, 5.41) is 3.08. The van der Waals surface area contributed by atoms with Crippen LogP contribution in [0, 0.1) is 5.41 Å². The minimum atomic E-state index is -0.399. The van der Waals surface area contributed by atoms with Crippen LogP contribution in [-0.2, 0) is 9.53 Å². The lowest BCUT2D eigenvalue weighted by Gasteiger charge is -2.35. The highest BCUT2D eigenvalue weighted by atomic mass is 32.2. The second kappa shape index (κ2) is 7.24. The molecule has 1 heterocycles. The number of nitrogens with two attached hydrogens (primary N) is 1. The Hall–Kier alpha value is -0.260. The third-order valence-electron chi connectivity index (χ3n) is 3.27. The topological polar surface area (TPSA) is 64.4 Å². The van der Waals surface area contributed by atoms with E-state index in [0.29, 0.717) is 19.8 Å². The van der Waals surface area contributed by atoms with E-state index in [1.54, 1.807) is 0 Å². The smallest absolute Gasteiger partial charge is 0.227 e. The highest BCUT2D eigenvalue weighted by molar-refractivity contribution is 7.99. The molecule has 0 aromatic heterocycles. The lowest BCUT2D eigenvalue weighted by atomic mass is 9.79. The summed E-state index contributed by atoms with van der Waals surface area (Å²) in [4.78, 5) is 12.3. The van der Waals surface area contributed by atoms with Gasteiger partial charge in [0.25, 0.3) is 0 Å². The summed E-state index contributed by atoms with van der Waals surface area (Å²) < 4.78 is 5.31. The zero-order valence-electron chi connectivity index (χ0n) is 10.8. The standard InChI is InChI=1S/C12H24N2O2S/c1-3-17-8-10(2)14-11(15)12(9-13)4-6-16-7-5-12/h10H,3-9,13H2,1-2H3,(H,14,15). The van der Waals surface area contributed by atoms with Gasteiger partial charge in [0, 0.05) is 31.6 Å². The Morgan fingerprint density at radius 1 is 1.53 bits per heavy atom. The molecule has 0 bridgehead atoms. The molecule has 1 atom stereocenters. The molecule has 1 unspecified atom stereocenters. The first-order chi connectivity index (χ1) is 8.14. The van der Waals surface area contributed by atoms with Crippen molar-refractivity contribution in [2.24, 2.45) is 11.1 Å². The van der Waals surface area contributed by atoms with Crippen molar-refractivity contribution in [3.8, 4) is 0 Å². The van der Waals surface area contributed by atoms with Crippen molar-refractivity contribution < 1.29 is 9.53 Å². The van der Waals surface area contributed by atoms with Gasteiger partial charge in [-0.05, 0) is 25.5 Å². The average molecular weight is 260 g/mol. The molecule has 0 spiro atoms. The zero-order valence-corrected chi connectivity index (χ0v) is 11.6. The Kier molecular flexibility index (Phi) is 6.30. The molecule has 0 saturated carbocycles. The number of carbonyl (C=O) groups is 1. The molecular formula is C12H24N2O2S. The molecule has 100 valence electrons. The first-order valence-electron chi connectivity index (χ1n) is 6.31. The molecule has 0 aliphatic carbocycles. The normalized spacial score (nSPS) is 20.9. The molecule has 5 heteroatoms. The van der Waals surface area contributed by atoms with Crippen molar-refractivity contribution in [2.75, 3.05) is 31.3 Å². The van der Waals surface area contributed by atoms with Crippen molar-refractivity contribution in [3.63, 3.8) is 0 Å². The van der Waals surface area contributed by atoms with Crippen LogP contribution < -0.4 is 11.1 Å². The van der Waals surface area contributed by atoms with Crippen LogP contribution in [0.5, 0.6) is 0 Å². The fraction of sp³-hybridized carbons (Fsp3) is 0.917. The molecule has 1 aliphatic heterocycles. The van der Waals surface area contributed by atoms with Gasteiger partial charge in [-0.15, -0.1) is 0 Å². The van der Waals surface area contributed by atoms with Crippen LogP contribution in [0.2, 0.25) is 0 Å². The molecule has 4 nitrogen and oxygen atoms in total. The Morgan fingerprint density at radius 3 is 2.71 bits per heavy atom. The molecule has 1 saturated heterocycles. The molecule has 1 fully saturated rings. The molecule has 0 radical (unpaired) electrons. The summed E-state index contributed by atoms with van der Waals surface area (Å²) >= 11 is 1.84. The van der Waals surface area contributed by atoms with E-state index in [1.807, 2.05) is 18.7 Å². The minimum Gasteiger partial charge on any atom is -0.381 e. The van der Waals surface area contributed by atoms with Crippen LogP contribution in [0.4, 0.5) is 0 Å².